The van der Waals surface area contributed by atoms with Crippen molar-refractivity contribution in [3.8, 4) is 5.69 Å². The van der Waals surface area contributed by atoms with E-state index in [1.807, 2.05) is 73.1 Å². The molecule has 3 aromatic rings. The van der Waals surface area contributed by atoms with E-state index in [0.29, 0.717) is 6.54 Å². The fraction of sp³-hybridized carbons (Fsp3) is 0.182. The number of amides is 1. The van der Waals surface area contributed by atoms with E-state index in [1.54, 1.807) is 6.08 Å². The first kappa shape index (κ1) is 17.7. The Labute approximate surface area is 154 Å². The molecule has 4 nitrogen and oxygen atoms in total. The van der Waals surface area contributed by atoms with E-state index in [0.717, 1.165) is 29.1 Å². The Hall–Kier alpha value is -3.14. The molecule has 1 amide bonds. The number of nitrogens with one attached hydrogen (secondary N) is 1. The Morgan fingerprint density at radius 3 is 2.38 bits per heavy atom. The third kappa shape index (κ3) is 4.28. The topological polar surface area (TPSA) is 46.9 Å². The molecule has 0 radical (unpaired) electrons. The van der Waals surface area contributed by atoms with E-state index in [2.05, 4.69) is 22.5 Å². The molecule has 4 heteroatoms. The molecule has 1 heterocycles. The van der Waals surface area contributed by atoms with E-state index in [-0.39, 0.29) is 5.91 Å². The molecule has 0 saturated carbocycles. The van der Waals surface area contributed by atoms with Gasteiger partial charge in [-0.05, 0) is 44.0 Å². The molecule has 0 bridgehead atoms. The van der Waals surface area contributed by atoms with Crippen molar-refractivity contribution in [1.29, 1.82) is 0 Å². The van der Waals surface area contributed by atoms with Crippen LogP contribution in [0.1, 0.15) is 22.5 Å². The molecular formula is C22H23N3O. The van der Waals surface area contributed by atoms with Gasteiger partial charge in [0, 0.05) is 23.9 Å². The Balaban J connectivity index is 1.63. The van der Waals surface area contributed by atoms with Crippen LogP contribution in [0.5, 0.6) is 0 Å². The van der Waals surface area contributed by atoms with Crippen LogP contribution in [0.25, 0.3) is 11.8 Å². The Kier molecular flexibility index (Phi) is 5.64. The molecule has 132 valence electrons. The quantitative estimate of drug-likeness (QED) is 0.690. The lowest BCUT2D eigenvalue weighted by molar-refractivity contribution is -0.116. The van der Waals surface area contributed by atoms with Crippen molar-refractivity contribution in [2.24, 2.45) is 0 Å². The first-order valence-electron chi connectivity index (χ1n) is 8.76. The maximum Gasteiger partial charge on any atom is 0.244 e. The number of nitrogens with zero attached hydrogens (tertiary/aromatic N) is 2. The summed E-state index contributed by atoms with van der Waals surface area (Å²) >= 11 is 0. The van der Waals surface area contributed by atoms with Gasteiger partial charge in [-0.2, -0.15) is 5.10 Å². The average Bonchev–Trinajstić information content (AvgIpc) is 2.95. The van der Waals surface area contributed by atoms with Crippen molar-refractivity contribution < 1.29 is 4.79 Å². The zero-order valence-corrected chi connectivity index (χ0v) is 15.1. The molecule has 0 aliphatic rings. The summed E-state index contributed by atoms with van der Waals surface area (Å²) in [5.41, 5.74) is 5.13. The van der Waals surface area contributed by atoms with Crippen LogP contribution in [0.2, 0.25) is 0 Å². The zero-order chi connectivity index (χ0) is 18.4. The fourth-order valence-electron chi connectivity index (χ4n) is 2.91. The van der Waals surface area contributed by atoms with Crippen molar-refractivity contribution in [1.82, 2.24) is 15.1 Å². The highest BCUT2D eigenvalue weighted by atomic mass is 16.1. The number of aryl methyl sites for hydroxylation is 1. The molecule has 0 atom stereocenters. The zero-order valence-electron chi connectivity index (χ0n) is 15.1. The monoisotopic (exact) mass is 345 g/mol. The summed E-state index contributed by atoms with van der Waals surface area (Å²) in [4.78, 5) is 12.1. The molecule has 0 aliphatic heterocycles. The van der Waals surface area contributed by atoms with Crippen molar-refractivity contribution in [2.75, 3.05) is 6.54 Å². The number of hydrogen-bond acceptors (Lipinski definition) is 2. The van der Waals surface area contributed by atoms with E-state index in [4.69, 9.17) is 0 Å². The van der Waals surface area contributed by atoms with Gasteiger partial charge in [0.05, 0.1) is 11.4 Å². The Morgan fingerprint density at radius 1 is 1.04 bits per heavy atom. The molecule has 0 unspecified atom stereocenters. The van der Waals surface area contributed by atoms with E-state index in [9.17, 15) is 4.79 Å². The lowest BCUT2D eigenvalue weighted by Crippen LogP contribution is -2.23. The van der Waals surface area contributed by atoms with Gasteiger partial charge < -0.3 is 5.32 Å². The standard InChI is InChI=1S/C22H23N3O/c1-17-21(18(2)25(24-17)20-11-7-4-8-12-20)13-14-22(26)23-16-15-19-9-5-3-6-10-19/h3-14H,15-16H2,1-2H3,(H,23,26)/b14-13+. The normalized spacial score (nSPS) is 11.0. The molecule has 26 heavy (non-hydrogen) atoms. The van der Waals surface area contributed by atoms with Gasteiger partial charge in [0.25, 0.3) is 0 Å². The molecule has 0 fully saturated rings. The average molecular weight is 345 g/mol. The van der Waals surface area contributed by atoms with Gasteiger partial charge in [0.15, 0.2) is 0 Å². The van der Waals surface area contributed by atoms with Crippen molar-refractivity contribution in [3.63, 3.8) is 0 Å². The van der Waals surface area contributed by atoms with Gasteiger partial charge in [0.2, 0.25) is 5.91 Å². The lowest BCUT2D eigenvalue weighted by atomic mass is 10.1. The number of aromatic nitrogens is 2. The van der Waals surface area contributed by atoms with Gasteiger partial charge in [-0.3, -0.25) is 4.79 Å². The molecule has 1 aromatic heterocycles. The van der Waals surface area contributed by atoms with Gasteiger partial charge in [-0.15, -0.1) is 0 Å². The number of carbonyl (C=O) groups is 1. The molecule has 2 aromatic carbocycles. The van der Waals surface area contributed by atoms with Crippen LogP contribution in [0.4, 0.5) is 0 Å². The minimum Gasteiger partial charge on any atom is -0.352 e. The van der Waals surface area contributed by atoms with Crippen molar-refractivity contribution in [2.45, 2.75) is 20.3 Å². The van der Waals surface area contributed by atoms with Crippen LogP contribution < -0.4 is 5.32 Å². The fourth-order valence-corrected chi connectivity index (χ4v) is 2.91. The number of hydrogen-bond donors (Lipinski definition) is 1. The first-order valence-corrected chi connectivity index (χ1v) is 8.76. The second-order valence-electron chi connectivity index (χ2n) is 6.19. The van der Waals surface area contributed by atoms with Gasteiger partial charge in [-0.1, -0.05) is 48.5 Å². The second-order valence-corrected chi connectivity index (χ2v) is 6.19. The molecule has 0 spiro atoms. The number of benzene rings is 2. The molecule has 3 rings (SSSR count). The highest BCUT2D eigenvalue weighted by Crippen LogP contribution is 2.19. The number of rotatable bonds is 6. The highest BCUT2D eigenvalue weighted by molar-refractivity contribution is 5.92. The van der Waals surface area contributed by atoms with Crippen LogP contribution >= 0.6 is 0 Å². The molecule has 0 aliphatic carbocycles. The maximum atomic E-state index is 12.1. The van der Waals surface area contributed by atoms with Crippen LogP contribution in [0.15, 0.2) is 66.7 Å². The molecule has 0 saturated heterocycles. The summed E-state index contributed by atoms with van der Waals surface area (Å²) < 4.78 is 1.91. The third-order valence-electron chi connectivity index (χ3n) is 4.31. The summed E-state index contributed by atoms with van der Waals surface area (Å²) in [5.74, 6) is -0.0906. The van der Waals surface area contributed by atoms with Crippen molar-refractivity contribution in [3.05, 3.63) is 89.3 Å². The third-order valence-corrected chi connectivity index (χ3v) is 4.31. The van der Waals surface area contributed by atoms with Crippen molar-refractivity contribution >= 4 is 12.0 Å². The largest absolute Gasteiger partial charge is 0.352 e. The maximum absolute atomic E-state index is 12.1. The van der Waals surface area contributed by atoms with Gasteiger partial charge in [-0.25, -0.2) is 4.68 Å². The van der Waals surface area contributed by atoms with Crippen LogP contribution in [0.3, 0.4) is 0 Å². The Bertz CT molecular complexity index is 896. The van der Waals surface area contributed by atoms with Gasteiger partial charge in [0.1, 0.15) is 0 Å². The SMILES string of the molecule is Cc1nn(-c2ccccc2)c(C)c1/C=C/C(=O)NCCc1ccccc1. The summed E-state index contributed by atoms with van der Waals surface area (Å²) in [6.07, 6.45) is 4.25. The summed E-state index contributed by atoms with van der Waals surface area (Å²) in [6, 6.07) is 20.1. The predicted molar refractivity (Wildman–Crippen MR) is 105 cm³/mol. The molecule has 1 N–H and O–H groups in total. The van der Waals surface area contributed by atoms with E-state index >= 15 is 0 Å². The van der Waals surface area contributed by atoms with E-state index in [1.165, 1.54) is 5.56 Å². The predicted octanol–water partition coefficient (Wildman–Crippen LogP) is 3.86. The Morgan fingerprint density at radius 2 is 1.69 bits per heavy atom. The van der Waals surface area contributed by atoms with Gasteiger partial charge >= 0.3 is 0 Å². The van der Waals surface area contributed by atoms with E-state index < -0.39 is 0 Å². The second kappa shape index (κ2) is 8.30. The number of carbonyl (C=O) groups excluding carboxylic acids is 1. The smallest absolute Gasteiger partial charge is 0.244 e. The minimum absolute atomic E-state index is 0.0906. The number of para-hydroxylation sites is 1. The van der Waals surface area contributed by atoms with Crippen LogP contribution in [-0.4, -0.2) is 22.2 Å². The van der Waals surface area contributed by atoms with Crippen LogP contribution in [-0.2, 0) is 11.2 Å². The lowest BCUT2D eigenvalue weighted by Gasteiger charge is -2.04. The van der Waals surface area contributed by atoms with Crippen LogP contribution in [0, 0.1) is 13.8 Å². The summed E-state index contributed by atoms with van der Waals surface area (Å²) in [7, 11) is 0. The first-order chi connectivity index (χ1) is 12.6. The minimum atomic E-state index is -0.0906. The molecular weight excluding hydrogens is 322 g/mol. The highest BCUT2D eigenvalue weighted by Gasteiger charge is 2.10. The summed E-state index contributed by atoms with van der Waals surface area (Å²) in [5, 5.41) is 7.52. The summed E-state index contributed by atoms with van der Waals surface area (Å²) in [6.45, 7) is 4.59.